The van der Waals surface area contributed by atoms with Gasteiger partial charge >= 0.3 is 0 Å². The van der Waals surface area contributed by atoms with Crippen LogP contribution in [0.25, 0.3) is 0 Å². The van der Waals surface area contributed by atoms with E-state index in [1.54, 1.807) is 12.1 Å². The highest BCUT2D eigenvalue weighted by atomic mass is 35.5. The second kappa shape index (κ2) is 7.42. The summed E-state index contributed by atoms with van der Waals surface area (Å²) in [6.45, 7) is 6.57. The largest absolute Gasteiger partial charge is 0.316 e. The minimum absolute atomic E-state index is 0.116. The van der Waals surface area contributed by atoms with Crippen molar-refractivity contribution in [3.05, 3.63) is 34.6 Å². The van der Waals surface area contributed by atoms with E-state index in [1.807, 2.05) is 0 Å². The molecule has 1 aliphatic carbocycles. The number of hydrogen-bond donors (Lipinski definition) is 1. The lowest BCUT2D eigenvalue weighted by molar-refractivity contribution is 0.354. The molecular weight excluding hydrogens is 273 g/mol. The highest BCUT2D eigenvalue weighted by Gasteiger charge is 2.27. The standard InChI is InChI=1S/C17H25ClFN/c1-12(2)10-20-11-14-5-3-4-13(14)8-15-9-16(18)6-7-17(15)19/h6-7,9,12-14,20H,3-5,8,10-11H2,1-2H3. The summed E-state index contributed by atoms with van der Waals surface area (Å²) in [5.74, 6) is 1.82. The minimum atomic E-state index is -0.116. The zero-order chi connectivity index (χ0) is 14.5. The average molecular weight is 298 g/mol. The third kappa shape index (κ3) is 4.46. The van der Waals surface area contributed by atoms with Crippen LogP contribution in [0.5, 0.6) is 0 Å². The molecule has 0 aromatic heterocycles. The lowest BCUT2D eigenvalue weighted by atomic mass is 9.89. The quantitative estimate of drug-likeness (QED) is 0.803. The molecule has 1 aromatic carbocycles. The van der Waals surface area contributed by atoms with Crippen LogP contribution in [0, 0.1) is 23.6 Å². The SMILES string of the molecule is CC(C)CNCC1CCCC1Cc1cc(Cl)ccc1F. The van der Waals surface area contributed by atoms with Crippen molar-refractivity contribution in [3.63, 3.8) is 0 Å². The molecule has 1 nitrogen and oxygen atoms in total. The molecule has 0 amide bonds. The van der Waals surface area contributed by atoms with E-state index in [-0.39, 0.29) is 5.82 Å². The molecule has 0 bridgehead atoms. The molecule has 1 N–H and O–H groups in total. The molecule has 1 fully saturated rings. The van der Waals surface area contributed by atoms with Crippen LogP contribution in [0.3, 0.4) is 0 Å². The number of hydrogen-bond acceptors (Lipinski definition) is 1. The van der Waals surface area contributed by atoms with Gasteiger partial charge in [0.1, 0.15) is 5.82 Å². The smallest absolute Gasteiger partial charge is 0.126 e. The van der Waals surface area contributed by atoms with Crippen molar-refractivity contribution >= 4 is 11.6 Å². The monoisotopic (exact) mass is 297 g/mol. The molecule has 0 spiro atoms. The molecule has 1 aliphatic rings. The van der Waals surface area contributed by atoms with E-state index < -0.39 is 0 Å². The highest BCUT2D eigenvalue weighted by Crippen LogP contribution is 2.34. The maximum Gasteiger partial charge on any atom is 0.126 e. The number of halogens is 2. The Balaban J connectivity index is 1.92. The number of benzene rings is 1. The van der Waals surface area contributed by atoms with E-state index in [0.717, 1.165) is 25.1 Å². The maximum atomic E-state index is 13.8. The van der Waals surface area contributed by atoms with Gasteiger partial charge in [-0.2, -0.15) is 0 Å². The van der Waals surface area contributed by atoms with Gasteiger partial charge in [-0.1, -0.05) is 31.9 Å². The van der Waals surface area contributed by atoms with Crippen molar-refractivity contribution in [1.82, 2.24) is 5.32 Å². The fourth-order valence-corrected chi connectivity index (χ4v) is 3.39. The Morgan fingerprint density at radius 2 is 2.05 bits per heavy atom. The van der Waals surface area contributed by atoms with Gasteiger partial charge < -0.3 is 5.32 Å². The van der Waals surface area contributed by atoms with Gasteiger partial charge in [0.2, 0.25) is 0 Å². The predicted molar refractivity (Wildman–Crippen MR) is 83.7 cm³/mol. The van der Waals surface area contributed by atoms with Gasteiger partial charge in [0, 0.05) is 5.02 Å². The third-order valence-corrected chi connectivity index (χ3v) is 4.50. The second-order valence-corrected chi connectivity index (χ2v) is 6.88. The van der Waals surface area contributed by atoms with Gasteiger partial charge in [-0.15, -0.1) is 0 Å². The Bertz CT molecular complexity index is 433. The molecule has 112 valence electrons. The lowest BCUT2D eigenvalue weighted by Crippen LogP contribution is -2.29. The fraction of sp³-hybridized carbons (Fsp3) is 0.647. The van der Waals surface area contributed by atoms with E-state index in [4.69, 9.17) is 11.6 Å². The van der Waals surface area contributed by atoms with Crippen LogP contribution in [0.15, 0.2) is 18.2 Å². The van der Waals surface area contributed by atoms with Crippen LogP contribution in [0.4, 0.5) is 4.39 Å². The molecule has 0 heterocycles. The van der Waals surface area contributed by atoms with Crippen molar-refractivity contribution in [2.24, 2.45) is 17.8 Å². The fourth-order valence-electron chi connectivity index (χ4n) is 3.19. The Kier molecular flexibility index (Phi) is 5.86. The summed E-state index contributed by atoms with van der Waals surface area (Å²) in [5, 5.41) is 4.18. The summed E-state index contributed by atoms with van der Waals surface area (Å²) < 4.78 is 13.8. The van der Waals surface area contributed by atoms with Gasteiger partial charge in [-0.05, 0) is 73.9 Å². The first-order valence-electron chi connectivity index (χ1n) is 7.71. The van der Waals surface area contributed by atoms with E-state index >= 15 is 0 Å². The van der Waals surface area contributed by atoms with Crippen molar-refractivity contribution in [2.75, 3.05) is 13.1 Å². The summed E-state index contributed by atoms with van der Waals surface area (Å²) in [6, 6.07) is 4.89. The van der Waals surface area contributed by atoms with E-state index in [2.05, 4.69) is 19.2 Å². The van der Waals surface area contributed by atoms with Gasteiger partial charge in [-0.3, -0.25) is 0 Å². The molecule has 0 aliphatic heterocycles. The first-order valence-corrected chi connectivity index (χ1v) is 8.08. The first kappa shape index (κ1) is 15.8. The zero-order valence-corrected chi connectivity index (χ0v) is 13.2. The van der Waals surface area contributed by atoms with E-state index in [9.17, 15) is 4.39 Å². The molecule has 1 aromatic rings. The first-order chi connectivity index (χ1) is 9.56. The Morgan fingerprint density at radius 3 is 2.80 bits per heavy atom. The Morgan fingerprint density at radius 1 is 1.30 bits per heavy atom. The van der Waals surface area contributed by atoms with Crippen molar-refractivity contribution in [3.8, 4) is 0 Å². The van der Waals surface area contributed by atoms with E-state index in [1.165, 1.54) is 25.3 Å². The van der Waals surface area contributed by atoms with Gasteiger partial charge in [0.25, 0.3) is 0 Å². The molecule has 2 rings (SSSR count). The van der Waals surface area contributed by atoms with Crippen molar-refractivity contribution < 1.29 is 4.39 Å². The molecule has 0 saturated heterocycles. The van der Waals surface area contributed by atoms with Crippen LogP contribution in [0.1, 0.15) is 38.7 Å². The average Bonchev–Trinajstić information content (AvgIpc) is 2.81. The highest BCUT2D eigenvalue weighted by molar-refractivity contribution is 6.30. The van der Waals surface area contributed by atoms with Crippen LogP contribution < -0.4 is 5.32 Å². The normalized spacial score (nSPS) is 22.6. The van der Waals surface area contributed by atoms with Crippen molar-refractivity contribution in [2.45, 2.75) is 39.5 Å². The number of rotatable bonds is 6. The van der Waals surface area contributed by atoms with Gasteiger partial charge in [-0.25, -0.2) is 4.39 Å². The molecule has 1 saturated carbocycles. The molecule has 0 radical (unpaired) electrons. The molecular formula is C17H25ClFN. The van der Waals surface area contributed by atoms with Crippen LogP contribution in [-0.2, 0) is 6.42 Å². The van der Waals surface area contributed by atoms with Crippen LogP contribution in [-0.4, -0.2) is 13.1 Å². The minimum Gasteiger partial charge on any atom is -0.316 e. The number of nitrogens with one attached hydrogen (secondary N) is 1. The van der Waals surface area contributed by atoms with Crippen LogP contribution >= 0.6 is 11.6 Å². The Hall–Kier alpha value is -0.600. The van der Waals surface area contributed by atoms with Crippen molar-refractivity contribution in [1.29, 1.82) is 0 Å². The summed E-state index contributed by atoms with van der Waals surface area (Å²) in [6.07, 6.45) is 4.55. The molecule has 2 atom stereocenters. The van der Waals surface area contributed by atoms with Crippen LogP contribution in [0.2, 0.25) is 5.02 Å². The Labute approximate surface area is 126 Å². The molecule has 20 heavy (non-hydrogen) atoms. The third-order valence-electron chi connectivity index (χ3n) is 4.27. The van der Waals surface area contributed by atoms with E-state index in [0.29, 0.717) is 22.8 Å². The van der Waals surface area contributed by atoms with Gasteiger partial charge in [0.05, 0.1) is 0 Å². The van der Waals surface area contributed by atoms with Gasteiger partial charge in [0.15, 0.2) is 0 Å². The summed E-state index contributed by atoms with van der Waals surface area (Å²) in [7, 11) is 0. The predicted octanol–water partition coefficient (Wildman–Crippen LogP) is 4.68. The molecule has 3 heteroatoms. The topological polar surface area (TPSA) is 12.0 Å². The summed E-state index contributed by atoms with van der Waals surface area (Å²) in [5.41, 5.74) is 0.776. The summed E-state index contributed by atoms with van der Waals surface area (Å²) in [4.78, 5) is 0. The second-order valence-electron chi connectivity index (χ2n) is 6.44. The maximum absolute atomic E-state index is 13.8. The summed E-state index contributed by atoms with van der Waals surface area (Å²) >= 11 is 5.98. The molecule has 2 unspecified atom stereocenters. The lowest BCUT2D eigenvalue weighted by Gasteiger charge is -2.21. The zero-order valence-electron chi connectivity index (χ0n) is 12.5.